The van der Waals surface area contributed by atoms with Crippen molar-refractivity contribution in [1.29, 1.82) is 0 Å². The van der Waals surface area contributed by atoms with Gasteiger partial charge in [0.25, 0.3) is 0 Å². The molecule has 0 aromatic carbocycles. The van der Waals surface area contributed by atoms with Gasteiger partial charge in [-0.2, -0.15) is 0 Å². The van der Waals surface area contributed by atoms with E-state index in [0.717, 1.165) is 0 Å². The summed E-state index contributed by atoms with van der Waals surface area (Å²) in [5.74, 6) is 0. The fourth-order valence-electron chi connectivity index (χ4n) is 0. The molecule has 0 bridgehead atoms. The first-order valence-corrected chi connectivity index (χ1v) is 0. The summed E-state index contributed by atoms with van der Waals surface area (Å²) in [6.45, 7) is 0. The Hall–Kier alpha value is 3.18. The summed E-state index contributed by atoms with van der Waals surface area (Å²) in [6, 6.07) is 0. The Morgan fingerprint density at radius 2 is 1.20 bits per heavy atom. The largest absolute Gasteiger partial charge is 2.00 e. The number of hydrogen-bond donors (Lipinski definition) is 0. The predicted molar refractivity (Wildman–Crippen MR) is 19.3 cm³/mol. The fourth-order valence-corrected chi connectivity index (χ4v) is 0. The zero-order chi connectivity index (χ0) is 0. The SMILES string of the molecule is [Ca+2].[H-].[H-].[Mn].[Ni].[SiH4].[W]. The van der Waals surface area contributed by atoms with Gasteiger partial charge in [0.1, 0.15) is 0 Å². The molecule has 0 aromatic rings. The Morgan fingerprint density at radius 1 is 1.20 bits per heavy atom. The zero-order valence-corrected chi connectivity index (χ0v) is 9.12. The van der Waals surface area contributed by atoms with Gasteiger partial charge in [-0.25, -0.2) is 0 Å². The van der Waals surface area contributed by atoms with Crippen LogP contribution in [0.3, 0.4) is 0 Å². The van der Waals surface area contributed by atoms with Gasteiger partial charge in [-0.1, -0.05) is 0 Å². The second kappa shape index (κ2) is 27.1. The Bertz CT molecular complexity index is 17.7. The summed E-state index contributed by atoms with van der Waals surface area (Å²) in [6.07, 6.45) is 0. The van der Waals surface area contributed by atoms with Crippen molar-refractivity contribution in [1.82, 2.24) is 0 Å². The third-order valence-electron chi connectivity index (χ3n) is 0. The standard InChI is InChI=1S/Ca.Mn.Ni.H4Si.W.2H/h;;;1H4;;;/q+2;;;;;2*-1. The van der Waals surface area contributed by atoms with Gasteiger partial charge in [0.15, 0.2) is 0 Å². The van der Waals surface area contributed by atoms with Gasteiger partial charge in [-0.05, 0) is 11.0 Å². The average Bonchev–Trinajstić information content (AvgIpc) is 0. The van der Waals surface area contributed by atoms with Crippen molar-refractivity contribution in [3.63, 3.8) is 0 Å². The molecule has 0 fully saturated rings. The maximum atomic E-state index is 0. The quantitative estimate of drug-likeness (QED) is 0.449. The summed E-state index contributed by atoms with van der Waals surface area (Å²) < 4.78 is 0. The Kier molecular flexibility index (Phi) is 226. The van der Waals surface area contributed by atoms with Crippen LogP contribution in [0.2, 0.25) is 0 Å². The van der Waals surface area contributed by atoms with Crippen molar-refractivity contribution in [2.45, 2.75) is 0 Å². The maximum absolute atomic E-state index is 0. The minimum absolute atomic E-state index is 0. The van der Waals surface area contributed by atoms with E-state index >= 15 is 0 Å². The van der Waals surface area contributed by atoms with E-state index in [9.17, 15) is 0 Å². The van der Waals surface area contributed by atoms with Gasteiger partial charge in [0.2, 0.25) is 0 Å². The molecule has 0 nitrogen and oxygen atoms in total. The molecule has 0 aliphatic carbocycles. The second-order valence-electron chi connectivity index (χ2n) is 0. The molecule has 0 unspecified atom stereocenters. The van der Waals surface area contributed by atoms with Crippen LogP contribution in [0, 0.1) is 0 Å². The van der Waals surface area contributed by atoms with E-state index in [2.05, 4.69) is 0 Å². The molecule has 0 heterocycles. The third kappa shape index (κ3) is 19.1. The molecule has 0 aliphatic heterocycles. The van der Waals surface area contributed by atoms with Gasteiger partial charge in [-0.3, -0.25) is 0 Å². The number of rotatable bonds is 0. The zero-order valence-electron chi connectivity index (χ0n) is 3.81. The normalized spacial score (nSPS) is 0. The van der Waals surface area contributed by atoms with E-state index in [0.29, 0.717) is 0 Å². The summed E-state index contributed by atoms with van der Waals surface area (Å²) in [7, 11) is 0. The number of hydrogen-bond acceptors (Lipinski definition) is 0. The maximum Gasteiger partial charge on any atom is 2.00 e. The molecule has 0 spiro atoms. The Morgan fingerprint density at radius 3 is 1.20 bits per heavy atom. The smallest absolute Gasteiger partial charge is 1.00 e. The first-order chi connectivity index (χ1) is 0. The molecule has 0 saturated heterocycles. The van der Waals surface area contributed by atoms with Gasteiger partial charge in [0, 0.05) is 54.6 Å². The van der Waals surface area contributed by atoms with Crippen molar-refractivity contribution in [2.24, 2.45) is 0 Å². The van der Waals surface area contributed by atoms with Crippen LogP contribution in [0.4, 0.5) is 0 Å². The van der Waals surface area contributed by atoms with Crippen molar-refractivity contribution < 1.29 is 57.5 Å². The van der Waals surface area contributed by atoms with Crippen LogP contribution in [-0.4, -0.2) is 48.7 Å². The van der Waals surface area contributed by atoms with Crippen LogP contribution in [0.1, 0.15) is 2.85 Å². The van der Waals surface area contributed by atoms with Crippen LogP contribution < -0.4 is 0 Å². The molecule has 0 N–H and O–H groups in total. The van der Waals surface area contributed by atoms with Crippen LogP contribution in [0.5, 0.6) is 0 Å². The van der Waals surface area contributed by atoms with Crippen molar-refractivity contribution in [3.05, 3.63) is 0 Å². The van der Waals surface area contributed by atoms with Gasteiger partial charge in [-0.15, -0.1) is 0 Å². The minimum atomic E-state index is 0. The molecule has 0 aliphatic rings. The first kappa shape index (κ1) is 41.7. The van der Waals surface area contributed by atoms with Crippen LogP contribution in [0.15, 0.2) is 0 Å². The van der Waals surface area contributed by atoms with Gasteiger partial charge < -0.3 is 2.85 Å². The van der Waals surface area contributed by atoms with E-state index in [-0.39, 0.29) is 106 Å². The van der Waals surface area contributed by atoms with Gasteiger partial charge in [0.05, 0.1) is 0 Å². The predicted octanol–water partition coefficient (Wildman–Crippen LogP) is -1.61. The Balaban J connectivity index is 0. The molecule has 35 valence electrons. The third-order valence-corrected chi connectivity index (χ3v) is 0. The molecule has 1 radical (unpaired) electrons. The van der Waals surface area contributed by atoms with Gasteiger partial charge >= 0.3 is 37.7 Å². The Labute approximate surface area is 104 Å². The monoisotopic (exact) mass is 371 g/mol. The van der Waals surface area contributed by atoms with E-state index in [1.807, 2.05) is 0 Å². The molecule has 5 heteroatoms. The van der Waals surface area contributed by atoms with Crippen LogP contribution in [-0.2, 0) is 54.6 Å². The van der Waals surface area contributed by atoms with Crippen molar-refractivity contribution in [3.8, 4) is 0 Å². The van der Waals surface area contributed by atoms with Crippen molar-refractivity contribution >= 4 is 48.7 Å². The molecule has 0 atom stereocenters. The molecule has 5 heavy (non-hydrogen) atoms. The van der Waals surface area contributed by atoms with E-state index in [4.69, 9.17) is 0 Å². The fraction of sp³-hybridized carbons (Fsp3) is 0. The topological polar surface area (TPSA) is 0 Å². The molecular formula is H6CaMnNiSiW. The van der Waals surface area contributed by atoms with Crippen LogP contribution >= 0.6 is 0 Å². The van der Waals surface area contributed by atoms with E-state index in [1.54, 1.807) is 0 Å². The summed E-state index contributed by atoms with van der Waals surface area (Å²) in [5, 5.41) is 0. The first-order valence-electron chi connectivity index (χ1n) is 0. The minimum Gasteiger partial charge on any atom is -1.00 e. The molecule has 0 aromatic heterocycles. The summed E-state index contributed by atoms with van der Waals surface area (Å²) >= 11 is 0. The molecule has 0 amide bonds. The average molecular weight is 372 g/mol. The van der Waals surface area contributed by atoms with E-state index in [1.165, 1.54) is 0 Å². The molecular weight excluding hydrogens is 366 g/mol. The van der Waals surface area contributed by atoms with Crippen molar-refractivity contribution in [2.75, 3.05) is 0 Å². The second-order valence-corrected chi connectivity index (χ2v) is 0. The summed E-state index contributed by atoms with van der Waals surface area (Å²) in [5.41, 5.74) is 0. The summed E-state index contributed by atoms with van der Waals surface area (Å²) in [4.78, 5) is 0. The molecule has 0 saturated carbocycles. The van der Waals surface area contributed by atoms with E-state index < -0.39 is 0 Å². The van der Waals surface area contributed by atoms with Crippen LogP contribution in [0.25, 0.3) is 0 Å². The molecule has 0 rings (SSSR count).